The number of urea groups is 1. The van der Waals surface area contributed by atoms with Crippen LogP contribution in [0.15, 0.2) is 42.5 Å². The molecular formula is C19H21Cl2N3O. The van der Waals surface area contributed by atoms with Gasteiger partial charge in [0.25, 0.3) is 0 Å². The molecule has 1 aliphatic heterocycles. The number of carbonyl (C=O) groups is 1. The number of para-hydroxylation sites is 1. The Morgan fingerprint density at radius 3 is 2.32 bits per heavy atom. The standard InChI is InChI=1S/C19H21Cl2N3O/c1-14-4-2-5-15(12-14)13-23-8-10-24(11-9-23)19(25)22-18-16(20)6-3-7-17(18)21/h2-7,12H,8-11,13H2,1H3,(H,22,25). The van der Waals surface area contributed by atoms with E-state index in [4.69, 9.17) is 23.2 Å². The van der Waals surface area contributed by atoms with Gasteiger partial charge in [0.05, 0.1) is 15.7 Å². The zero-order valence-electron chi connectivity index (χ0n) is 14.1. The van der Waals surface area contributed by atoms with Crippen molar-refractivity contribution in [3.05, 3.63) is 63.6 Å². The van der Waals surface area contributed by atoms with E-state index in [-0.39, 0.29) is 6.03 Å². The van der Waals surface area contributed by atoms with Gasteiger partial charge in [0.1, 0.15) is 0 Å². The molecule has 1 heterocycles. The van der Waals surface area contributed by atoms with Crippen LogP contribution in [0.1, 0.15) is 11.1 Å². The Kier molecular flexibility index (Phi) is 5.84. The first kappa shape index (κ1) is 18.1. The summed E-state index contributed by atoms with van der Waals surface area (Å²) in [6.45, 7) is 6.06. The number of anilines is 1. The summed E-state index contributed by atoms with van der Waals surface area (Å²) in [5.74, 6) is 0. The summed E-state index contributed by atoms with van der Waals surface area (Å²) in [4.78, 5) is 16.6. The second kappa shape index (κ2) is 8.09. The third-order valence-corrected chi connectivity index (χ3v) is 4.97. The van der Waals surface area contributed by atoms with Gasteiger partial charge in [0.2, 0.25) is 0 Å². The van der Waals surface area contributed by atoms with E-state index < -0.39 is 0 Å². The Morgan fingerprint density at radius 1 is 1.04 bits per heavy atom. The Hall–Kier alpha value is -1.75. The lowest BCUT2D eigenvalue weighted by Gasteiger charge is -2.34. The molecule has 0 radical (unpaired) electrons. The summed E-state index contributed by atoms with van der Waals surface area (Å²) in [6.07, 6.45) is 0. The Labute approximate surface area is 158 Å². The molecule has 0 unspecified atom stereocenters. The normalized spacial score (nSPS) is 15.2. The number of benzene rings is 2. The number of halogens is 2. The molecule has 0 atom stereocenters. The van der Waals surface area contributed by atoms with Crippen LogP contribution in [0.25, 0.3) is 0 Å². The van der Waals surface area contributed by atoms with Crippen LogP contribution in [0.2, 0.25) is 10.0 Å². The fourth-order valence-electron chi connectivity index (χ4n) is 2.98. The molecule has 0 aliphatic carbocycles. The minimum Gasteiger partial charge on any atom is -0.322 e. The number of nitrogens with one attached hydrogen (secondary N) is 1. The molecule has 2 amide bonds. The maximum absolute atomic E-state index is 12.5. The van der Waals surface area contributed by atoms with E-state index in [1.54, 1.807) is 23.1 Å². The van der Waals surface area contributed by atoms with Gasteiger partial charge in [0.15, 0.2) is 0 Å². The highest BCUT2D eigenvalue weighted by Gasteiger charge is 2.22. The fraction of sp³-hybridized carbons (Fsp3) is 0.316. The topological polar surface area (TPSA) is 35.6 Å². The van der Waals surface area contributed by atoms with Gasteiger partial charge >= 0.3 is 6.03 Å². The Bertz CT molecular complexity index is 738. The summed E-state index contributed by atoms with van der Waals surface area (Å²) in [5.41, 5.74) is 3.05. The first-order valence-electron chi connectivity index (χ1n) is 8.31. The van der Waals surface area contributed by atoms with Crippen LogP contribution in [0.5, 0.6) is 0 Å². The highest BCUT2D eigenvalue weighted by molar-refractivity contribution is 6.39. The minimum absolute atomic E-state index is 0.162. The molecule has 1 saturated heterocycles. The molecule has 2 aromatic rings. The van der Waals surface area contributed by atoms with E-state index in [0.717, 1.165) is 19.6 Å². The average Bonchev–Trinajstić information content (AvgIpc) is 2.59. The van der Waals surface area contributed by atoms with Crippen LogP contribution in [0, 0.1) is 6.92 Å². The predicted molar refractivity (Wildman–Crippen MR) is 104 cm³/mol. The summed E-state index contributed by atoms with van der Waals surface area (Å²) in [6, 6.07) is 13.6. The number of aryl methyl sites for hydroxylation is 1. The van der Waals surface area contributed by atoms with Crippen molar-refractivity contribution in [1.29, 1.82) is 0 Å². The second-order valence-corrected chi connectivity index (χ2v) is 7.09. The molecule has 0 bridgehead atoms. The number of hydrogen-bond donors (Lipinski definition) is 1. The fourth-order valence-corrected chi connectivity index (χ4v) is 3.47. The van der Waals surface area contributed by atoms with Crippen LogP contribution in [-0.4, -0.2) is 42.0 Å². The second-order valence-electron chi connectivity index (χ2n) is 6.28. The van der Waals surface area contributed by atoms with Gasteiger partial charge in [-0.15, -0.1) is 0 Å². The smallest absolute Gasteiger partial charge is 0.322 e. The van der Waals surface area contributed by atoms with E-state index in [2.05, 4.69) is 41.4 Å². The summed E-state index contributed by atoms with van der Waals surface area (Å²) >= 11 is 12.2. The SMILES string of the molecule is Cc1cccc(CN2CCN(C(=O)Nc3c(Cl)cccc3Cl)CC2)c1. The Balaban J connectivity index is 1.54. The molecule has 3 rings (SSSR count). The van der Waals surface area contributed by atoms with E-state index in [0.29, 0.717) is 28.8 Å². The molecule has 0 spiro atoms. The van der Waals surface area contributed by atoms with Crippen molar-refractivity contribution >= 4 is 34.9 Å². The van der Waals surface area contributed by atoms with E-state index >= 15 is 0 Å². The summed E-state index contributed by atoms with van der Waals surface area (Å²) in [5, 5.41) is 3.71. The quantitative estimate of drug-likeness (QED) is 0.844. The van der Waals surface area contributed by atoms with E-state index in [9.17, 15) is 4.79 Å². The zero-order chi connectivity index (χ0) is 17.8. The molecular weight excluding hydrogens is 357 g/mol. The van der Waals surface area contributed by atoms with Crippen LogP contribution >= 0.6 is 23.2 Å². The molecule has 0 saturated carbocycles. The summed E-state index contributed by atoms with van der Waals surface area (Å²) in [7, 11) is 0. The van der Waals surface area contributed by atoms with Gasteiger partial charge in [-0.2, -0.15) is 0 Å². The van der Waals surface area contributed by atoms with Gasteiger partial charge in [-0.1, -0.05) is 59.1 Å². The predicted octanol–water partition coefficient (Wildman–Crippen LogP) is 4.65. The molecule has 132 valence electrons. The number of carbonyl (C=O) groups excluding carboxylic acids is 1. The largest absolute Gasteiger partial charge is 0.322 e. The van der Waals surface area contributed by atoms with Crippen molar-refractivity contribution < 1.29 is 4.79 Å². The average molecular weight is 378 g/mol. The monoisotopic (exact) mass is 377 g/mol. The number of amides is 2. The van der Waals surface area contributed by atoms with Crippen LogP contribution in [0.3, 0.4) is 0 Å². The van der Waals surface area contributed by atoms with Crippen molar-refractivity contribution in [1.82, 2.24) is 9.80 Å². The Morgan fingerprint density at radius 2 is 1.68 bits per heavy atom. The molecule has 1 N–H and O–H groups in total. The maximum atomic E-state index is 12.5. The minimum atomic E-state index is -0.162. The lowest BCUT2D eigenvalue weighted by Crippen LogP contribution is -2.49. The number of rotatable bonds is 3. The van der Waals surface area contributed by atoms with Crippen molar-refractivity contribution in [3.63, 3.8) is 0 Å². The molecule has 4 nitrogen and oxygen atoms in total. The molecule has 1 fully saturated rings. The number of nitrogens with zero attached hydrogens (tertiary/aromatic N) is 2. The summed E-state index contributed by atoms with van der Waals surface area (Å²) < 4.78 is 0. The maximum Gasteiger partial charge on any atom is 0.322 e. The first-order chi connectivity index (χ1) is 12.0. The molecule has 25 heavy (non-hydrogen) atoms. The van der Waals surface area contributed by atoms with Crippen LogP contribution in [0.4, 0.5) is 10.5 Å². The zero-order valence-corrected chi connectivity index (χ0v) is 15.6. The van der Waals surface area contributed by atoms with Gasteiger partial charge < -0.3 is 10.2 Å². The lowest BCUT2D eigenvalue weighted by molar-refractivity contribution is 0.143. The van der Waals surface area contributed by atoms with Crippen molar-refractivity contribution in [2.24, 2.45) is 0 Å². The van der Waals surface area contributed by atoms with E-state index in [1.807, 2.05) is 0 Å². The highest BCUT2D eigenvalue weighted by Crippen LogP contribution is 2.30. The molecule has 2 aromatic carbocycles. The third kappa shape index (κ3) is 4.66. The van der Waals surface area contributed by atoms with Crippen LogP contribution in [-0.2, 0) is 6.54 Å². The molecule has 6 heteroatoms. The van der Waals surface area contributed by atoms with Crippen molar-refractivity contribution in [2.45, 2.75) is 13.5 Å². The molecule has 0 aromatic heterocycles. The van der Waals surface area contributed by atoms with Gasteiger partial charge in [-0.25, -0.2) is 4.79 Å². The van der Waals surface area contributed by atoms with Crippen molar-refractivity contribution in [3.8, 4) is 0 Å². The first-order valence-corrected chi connectivity index (χ1v) is 9.06. The number of piperazine rings is 1. The third-order valence-electron chi connectivity index (χ3n) is 4.34. The van der Waals surface area contributed by atoms with Gasteiger partial charge in [-0.3, -0.25) is 4.90 Å². The van der Waals surface area contributed by atoms with Gasteiger partial charge in [0, 0.05) is 32.7 Å². The lowest BCUT2D eigenvalue weighted by atomic mass is 10.1. The number of hydrogen-bond acceptors (Lipinski definition) is 2. The van der Waals surface area contributed by atoms with E-state index in [1.165, 1.54) is 11.1 Å². The van der Waals surface area contributed by atoms with Crippen LogP contribution < -0.4 is 5.32 Å². The molecule has 1 aliphatic rings. The van der Waals surface area contributed by atoms with Gasteiger partial charge in [-0.05, 0) is 24.6 Å². The van der Waals surface area contributed by atoms with Crippen molar-refractivity contribution in [2.75, 3.05) is 31.5 Å². The highest BCUT2D eigenvalue weighted by atomic mass is 35.5.